The highest BCUT2D eigenvalue weighted by atomic mass is 32.2. The van der Waals surface area contributed by atoms with E-state index in [9.17, 15) is 31.5 Å². The summed E-state index contributed by atoms with van der Waals surface area (Å²) in [6.45, 7) is 8.96. The lowest BCUT2D eigenvalue weighted by molar-refractivity contribution is -0.142. The van der Waals surface area contributed by atoms with E-state index in [1.807, 2.05) is 13.8 Å². The Labute approximate surface area is 233 Å². The van der Waals surface area contributed by atoms with E-state index in [4.69, 9.17) is 0 Å². The Morgan fingerprint density at radius 2 is 1.85 bits per heavy atom. The first kappa shape index (κ1) is 31.9. The number of hydrogen-bond acceptors (Lipinski definition) is 7. The van der Waals surface area contributed by atoms with E-state index in [-0.39, 0.29) is 25.1 Å². The monoisotopic (exact) mass is 587 g/mol. The van der Waals surface area contributed by atoms with E-state index in [2.05, 4.69) is 20.7 Å². The second-order valence-electron chi connectivity index (χ2n) is 11.5. The number of aromatic nitrogens is 3. The maximum absolute atomic E-state index is 13.2. The van der Waals surface area contributed by atoms with Gasteiger partial charge in [-0.1, -0.05) is 6.92 Å². The minimum atomic E-state index is -4.32. The second kappa shape index (κ2) is 11.7. The van der Waals surface area contributed by atoms with Crippen molar-refractivity contribution in [2.24, 2.45) is 0 Å². The molecule has 9 nitrogen and oxygen atoms in total. The van der Waals surface area contributed by atoms with Crippen molar-refractivity contribution in [3.8, 4) is 11.3 Å². The Hall–Kier alpha value is -2.67. The molecule has 1 fully saturated rings. The molecule has 3 rings (SSSR count). The number of aliphatic hydroxyl groups is 1. The number of sulfone groups is 1. The molecule has 0 atom stereocenters. The number of rotatable bonds is 10. The minimum absolute atomic E-state index is 0.0219. The van der Waals surface area contributed by atoms with Crippen molar-refractivity contribution < 1.29 is 31.5 Å². The number of carbonyl (C=O) groups excluding carboxylic acids is 1. The van der Waals surface area contributed by atoms with Crippen molar-refractivity contribution in [2.45, 2.75) is 102 Å². The first-order valence-electron chi connectivity index (χ1n) is 13.5. The molecule has 1 amide bonds. The summed E-state index contributed by atoms with van der Waals surface area (Å²) < 4.78 is 64.3. The Balaban J connectivity index is 1.81. The Bertz CT molecular complexity index is 1330. The van der Waals surface area contributed by atoms with E-state index >= 15 is 0 Å². The van der Waals surface area contributed by atoms with Crippen LogP contribution >= 0.6 is 0 Å². The van der Waals surface area contributed by atoms with Crippen molar-refractivity contribution in [2.75, 3.05) is 18.1 Å². The molecule has 0 aromatic carbocycles. The third-order valence-corrected chi connectivity index (χ3v) is 9.17. The van der Waals surface area contributed by atoms with E-state index in [0.29, 0.717) is 42.9 Å². The maximum atomic E-state index is 13.2. The first-order valence-corrected chi connectivity index (χ1v) is 15.4. The highest BCUT2D eigenvalue weighted by Gasteiger charge is 2.38. The van der Waals surface area contributed by atoms with Gasteiger partial charge in [0.2, 0.25) is 0 Å². The molecule has 224 valence electrons. The first-order chi connectivity index (χ1) is 18.4. The second-order valence-corrected chi connectivity index (χ2v) is 13.8. The smallest absolute Gasteiger partial charge is 0.388 e. The predicted molar refractivity (Wildman–Crippen MR) is 148 cm³/mol. The van der Waals surface area contributed by atoms with E-state index in [1.165, 1.54) is 20.1 Å². The molecule has 0 aliphatic heterocycles. The molecule has 3 N–H and O–H groups in total. The number of anilines is 1. The van der Waals surface area contributed by atoms with Crippen LogP contribution in [0.2, 0.25) is 0 Å². The summed E-state index contributed by atoms with van der Waals surface area (Å²) in [7, 11) is -3.18. The van der Waals surface area contributed by atoms with Gasteiger partial charge < -0.3 is 15.7 Å². The fourth-order valence-corrected chi connectivity index (χ4v) is 6.45. The maximum Gasteiger partial charge on any atom is 0.391 e. The van der Waals surface area contributed by atoms with Gasteiger partial charge in [-0.2, -0.15) is 18.3 Å². The summed E-state index contributed by atoms with van der Waals surface area (Å²) >= 11 is 0. The van der Waals surface area contributed by atoms with Gasteiger partial charge in [-0.05, 0) is 71.4 Å². The van der Waals surface area contributed by atoms with Crippen LogP contribution in [0.1, 0.15) is 81.4 Å². The third kappa shape index (κ3) is 7.74. The van der Waals surface area contributed by atoms with Gasteiger partial charge in [0.05, 0.1) is 23.0 Å². The molecule has 40 heavy (non-hydrogen) atoms. The van der Waals surface area contributed by atoms with Gasteiger partial charge in [0, 0.05) is 42.2 Å². The standard InChI is InChI=1S/C27H40F3N5O4S/c1-7-18-13-21(33-25(4,5)15-27(28,29)30)31-14-20(18)23-17(3)22(34-35(23)8-2)24(36)32-16-26(37)11-9-19(10-12-26)40(6,38)39/h13-14,19,37H,7-12,15-16H2,1-6H3,(H,31,33)(H,32,36). The minimum Gasteiger partial charge on any atom is -0.388 e. The Morgan fingerprint density at radius 1 is 1.23 bits per heavy atom. The van der Waals surface area contributed by atoms with Gasteiger partial charge >= 0.3 is 6.18 Å². The van der Waals surface area contributed by atoms with Gasteiger partial charge in [-0.25, -0.2) is 13.4 Å². The number of nitrogens with one attached hydrogen (secondary N) is 2. The van der Waals surface area contributed by atoms with Crippen LogP contribution in [0.5, 0.6) is 0 Å². The van der Waals surface area contributed by atoms with Crippen LogP contribution in [0.15, 0.2) is 12.3 Å². The molecule has 1 saturated carbocycles. The average Bonchev–Trinajstić information content (AvgIpc) is 3.16. The normalized spacial score (nSPS) is 20.4. The number of hydrogen-bond donors (Lipinski definition) is 3. The zero-order valence-corrected chi connectivity index (χ0v) is 24.8. The lowest BCUT2D eigenvalue weighted by Crippen LogP contribution is -2.47. The molecule has 0 radical (unpaired) electrons. The van der Waals surface area contributed by atoms with Crippen LogP contribution in [0, 0.1) is 6.92 Å². The average molecular weight is 588 g/mol. The molecule has 0 spiro atoms. The van der Waals surface area contributed by atoms with E-state index in [1.54, 1.807) is 23.9 Å². The summed E-state index contributed by atoms with van der Waals surface area (Å²) in [5, 5.41) is 20.6. The molecule has 1 aliphatic carbocycles. The Kier molecular flexibility index (Phi) is 9.29. The van der Waals surface area contributed by atoms with Crippen LogP contribution in [0.3, 0.4) is 0 Å². The molecule has 2 aromatic rings. The zero-order valence-electron chi connectivity index (χ0n) is 23.9. The van der Waals surface area contributed by atoms with Crippen LogP contribution < -0.4 is 10.6 Å². The Morgan fingerprint density at radius 3 is 2.38 bits per heavy atom. The van der Waals surface area contributed by atoms with Gasteiger partial charge in [-0.15, -0.1) is 0 Å². The highest BCUT2D eigenvalue weighted by Crippen LogP contribution is 2.34. The molecule has 0 bridgehead atoms. The molecule has 2 heterocycles. The summed E-state index contributed by atoms with van der Waals surface area (Å²) in [6, 6.07) is 1.72. The van der Waals surface area contributed by atoms with Crippen molar-refractivity contribution in [1.82, 2.24) is 20.1 Å². The number of carbonyl (C=O) groups is 1. The van der Waals surface area contributed by atoms with Gasteiger partial charge in [0.15, 0.2) is 5.69 Å². The van der Waals surface area contributed by atoms with Crippen molar-refractivity contribution in [3.05, 3.63) is 29.1 Å². The van der Waals surface area contributed by atoms with Crippen molar-refractivity contribution in [1.29, 1.82) is 0 Å². The van der Waals surface area contributed by atoms with Crippen LogP contribution in [-0.2, 0) is 22.8 Å². The van der Waals surface area contributed by atoms with Gasteiger partial charge in [0.25, 0.3) is 5.91 Å². The zero-order chi connectivity index (χ0) is 30.1. The molecule has 0 saturated heterocycles. The number of pyridine rings is 1. The van der Waals surface area contributed by atoms with E-state index < -0.39 is 44.7 Å². The number of nitrogens with zero attached hydrogens (tertiary/aromatic N) is 3. The number of alkyl halides is 3. The van der Waals surface area contributed by atoms with Crippen LogP contribution in [0.25, 0.3) is 11.3 Å². The molecule has 0 unspecified atom stereocenters. The SMILES string of the molecule is CCc1cc(NC(C)(C)CC(F)(F)F)ncc1-c1c(C)c(C(=O)NCC2(O)CCC(S(C)(=O)=O)CC2)nn1CC. The fourth-order valence-electron chi connectivity index (χ4n) is 5.36. The molecule has 2 aromatic heterocycles. The number of halogens is 3. The molecule has 1 aliphatic rings. The van der Waals surface area contributed by atoms with Gasteiger partial charge in [0.1, 0.15) is 15.7 Å². The van der Waals surface area contributed by atoms with Crippen molar-refractivity contribution in [3.63, 3.8) is 0 Å². The third-order valence-electron chi connectivity index (χ3n) is 7.49. The van der Waals surface area contributed by atoms with Crippen LogP contribution in [-0.4, -0.2) is 69.6 Å². The topological polar surface area (TPSA) is 126 Å². The number of aryl methyl sites for hydroxylation is 2. The van der Waals surface area contributed by atoms with Crippen molar-refractivity contribution >= 4 is 21.6 Å². The molecule has 13 heteroatoms. The summed E-state index contributed by atoms with van der Waals surface area (Å²) in [5.41, 5.74) is 0.613. The molecular weight excluding hydrogens is 547 g/mol. The quantitative estimate of drug-likeness (QED) is 0.376. The summed E-state index contributed by atoms with van der Waals surface area (Å²) in [4.78, 5) is 17.5. The summed E-state index contributed by atoms with van der Waals surface area (Å²) in [6.07, 6.45) is -0.764. The van der Waals surface area contributed by atoms with E-state index in [0.717, 1.165) is 11.1 Å². The lowest BCUT2D eigenvalue weighted by Gasteiger charge is -2.35. The summed E-state index contributed by atoms with van der Waals surface area (Å²) in [5.74, 6) is -0.130. The highest BCUT2D eigenvalue weighted by molar-refractivity contribution is 7.91. The number of amides is 1. The fraction of sp³-hybridized carbons (Fsp3) is 0.667. The largest absolute Gasteiger partial charge is 0.391 e. The molecular formula is C27H40F3N5O4S. The predicted octanol–water partition coefficient (Wildman–Crippen LogP) is 4.43. The van der Waals surface area contributed by atoms with Gasteiger partial charge in [-0.3, -0.25) is 9.48 Å². The lowest BCUT2D eigenvalue weighted by atomic mass is 9.84. The van der Waals surface area contributed by atoms with Crippen LogP contribution in [0.4, 0.5) is 19.0 Å².